The van der Waals surface area contributed by atoms with E-state index < -0.39 is 0 Å². The minimum absolute atomic E-state index is 0.379. The minimum Gasteiger partial charge on any atom is -0.402 e. The van der Waals surface area contributed by atoms with Crippen molar-refractivity contribution in [1.82, 2.24) is 14.8 Å². The van der Waals surface area contributed by atoms with Crippen LogP contribution in [0, 0.1) is 11.3 Å². The van der Waals surface area contributed by atoms with E-state index in [4.69, 9.17) is 11.1 Å². The summed E-state index contributed by atoms with van der Waals surface area (Å²) < 4.78 is 1.96. The van der Waals surface area contributed by atoms with Crippen molar-refractivity contribution in [2.75, 3.05) is 0 Å². The molecule has 0 spiro atoms. The fraction of sp³-hybridized carbons (Fsp3) is 0.357. The van der Waals surface area contributed by atoms with Gasteiger partial charge in [0, 0.05) is 29.4 Å². The number of pyridine rings is 1. The first-order valence-electron chi connectivity index (χ1n) is 6.48. The van der Waals surface area contributed by atoms with E-state index >= 15 is 0 Å². The van der Waals surface area contributed by atoms with E-state index in [1.165, 1.54) is 12.8 Å². The molecule has 19 heavy (non-hydrogen) atoms. The van der Waals surface area contributed by atoms with Crippen LogP contribution in [0.2, 0.25) is 0 Å². The van der Waals surface area contributed by atoms with Crippen LogP contribution in [0.4, 0.5) is 0 Å². The number of nitrogens with one attached hydrogen (secondary N) is 1. The summed E-state index contributed by atoms with van der Waals surface area (Å²) in [5.41, 5.74) is 8.26. The normalized spacial score (nSPS) is 15.9. The highest BCUT2D eigenvalue weighted by molar-refractivity contribution is 6.07. The Balaban J connectivity index is 1.93. The lowest BCUT2D eigenvalue weighted by Gasteiger charge is -2.02. The zero-order chi connectivity index (χ0) is 13.4. The first kappa shape index (κ1) is 11.9. The third kappa shape index (κ3) is 2.50. The van der Waals surface area contributed by atoms with Crippen LogP contribution in [0.1, 0.15) is 25.3 Å². The molecule has 0 aliphatic heterocycles. The SMILES string of the molecule is C/C(N)=C\C(=N)c1cnc2c(cnn2CC2CC2)c1. The van der Waals surface area contributed by atoms with Gasteiger partial charge in [-0.15, -0.1) is 0 Å². The van der Waals surface area contributed by atoms with E-state index in [1.54, 1.807) is 19.2 Å². The summed E-state index contributed by atoms with van der Waals surface area (Å²) in [6, 6.07) is 1.94. The second-order valence-electron chi connectivity index (χ2n) is 5.21. The predicted octanol–water partition coefficient (Wildman–Crippen LogP) is 2.07. The second kappa shape index (κ2) is 4.50. The van der Waals surface area contributed by atoms with Crippen molar-refractivity contribution >= 4 is 16.7 Å². The van der Waals surface area contributed by atoms with Crippen molar-refractivity contribution in [3.8, 4) is 0 Å². The first-order chi connectivity index (χ1) is 9.13. The lowest BCUT2D eigenvalue weighted by Crippen LogP contribution is -2.04. The third-order valence-corrected chi connectivity index (χ3v) is 3.29. The number of nitrogens with zero attached hydrogens (tertiary/aromatic N) is 3. The molecule has 3 N–H and O–H groups in total. The Bertz CT molecular complexity index is 660. The lowest BCUT2D eigenvalue weighted by molar-refractivity contribution is 0.576. The molecule has 2 aromatic rings. The molecule has 1 aliphatic carbocycles. The van der Waals surface area contributed by atoms with Crippen molar-refractivity contribution in [1.29, 1.82) is 5.41 Å². The summed E-state index contributed by atoms with van der Waals surface area (Å²) in [4.78, 5) is 4.44. The highest BCUT2D eigenvalue weighted by Gasteiger charge is 2.23. The van der Waals surface area contributed by atoms with Gasteiger partial charge in [-0.3, -0.25) is 0 Å². The first-order valence-corrected chi connectivity index (χ1v) is 6.48. The van der Waals surface area contributed by atoms with Gasteiger partial charge in [0.05, 0.1) is 11.9 Å². The molecule has 1 saturated carbocycles. The molecule has 0 atom stereocenters. The molecular formula is C14H17N5. The van der Waals surface area contributed by atoms with Crippen LogP contribution in [-0.4, -0.2) is 20.5 Å². The molecule has 5 nitrogen and oxygen atoms in total. The van der Waals surface area contributed by atoms with Gasteiger partial charge in [-0.1, -0.05) is 0 Å². The summed E-state index contributed by atoms with van der Waals surface area (Å²) in [6.07, 6.45) is 7.77. The zero-order valence-corrected chi connectivity index (χ0v) is 10.9. The Morgan fingerprint density at radius 1 is 1.53 bits per heavy atom. The quantitative estimate of drug-likeness (QED) is 0.821. The third-order valence-electron chi connectivity index (χ3n) is 3.29. The second-order valence-corrected chi connectivity index (χ2v) is 5.21. The van der Waals surface area contributed by atoms with Gasteiger partial charge in [0.1, 0.15) is 0 Å². The van der Waals surface area contributed by atoms with Crippen LogP contribution in [0.3, 0.4) is 0 Å². The number of allylic oxidation sites excluding steroid dienone is 2. The van der Waals surface area contributed by atoms with Crippen molar-refractivity contribution < 1.29 is 0 Å². The summed E-state index contributed by atoms with van der Waals surface area (Å²) in [5, 5.41) is 13.3. The van der Waals surface area contributed by atoms with Crippen LogP contribution in [0.15, 0.2) is 30.2 Å². The van der Waals surface area contributed by atoms with E-state index in [2.05, 4.69) is 10.1 Å². The number of aromatic nitrogens is 3. The molecule has 0 aromatic carbocycles. The molecule has 1 fully saturated rings. The van der Waals surface area contributed by atoms with E-state index in [1.807, 2.05) is 16.9 Å². The van der Waals surface area contributed by atoms with Gasteiger partial charge < -0.3 is 11.1 Å². The van der Waals surface area contributed by atoms with E-state index in [-0.39, 0.29) is 0 Å². The van der Waals surface area contributed by atoms with Gasteiger partial charge in [0.2, 0.25) is 0 Å². The van der Waals surface area contributed by atoms with Gasteiger partial charge in [0.15, 0.2) is 5.65 Å². The molecule has 0 unspecified atom stereocenters. The average molecular weight is 255 g/mol. The van der Waals surface area contributed by atoms with E-state index in [0.717, 1.165) is 29.1 Å². The monoisotopic (exact) mass is 255 g/mol. The van der Waals surface area contributed by atoms with Crippen LogP contribution in [0.5, 0.6) is 0 Å². The van der Waals surface area contributed by atoms with Crippen molar-refractivity contribution in [3.05, 3.63) is 35.8 Å². The zero-order valence-electron chi connectivity index (χ0n) is 10.9. The van der Waals surface area contributed by atoms with E-state index in [0.29, 0.717) is 11.4 Å². The molecule has 0 radical (unpaired) electrons. The van der Waals surface area contributed by atoms with Gasteiger partial charge in [-0.2, -0.15) is 5.10 Å². The molecule has 0 saturated heterocycles. The van der Waals surface area contributed by atoms with Gasteiger partial charge in [0.25, 0.3) is 0 Å². The van der Waals surface area contributed by atoms with Crippen LogP contribution < -0.4 is 5.73 Å². The Kier molecular flexibility index (Phi) is 2.81. The molecule has 98 valence electrons. The highest BCUT2D eigenvalue weighted by Crippen LogP contribution is 2.31. The minimum atomic E-state index is 0.379. The van der Waals surface area contributed by atoms with Gasteiger partial charge in [-0.25, -0.2) is 9.67 Å². The fourth-order valence-electron chi connectivity index (χ4n) is 2.11. The average Bonchev–Trinajstić information content (AvgIpc) is 3.09. The Morgan fingerprint density at radius 3 is 3.00 bits per heavy atom. The fourth-order valence-corrected chi connectivity index (χ4v) is 2.11. The maximum atomic E-state index is 7.94. The standard InChI is InChI=1S/C14H17N5/c1-9(15)4-13(16)11-5-12-7-18-19(8-10-2-3-10)14(12)17-6-11/h4-7,10,16H,2-3,8,15H2,1H3/b9-4+,16-13?. The summed E-state index contributed by atoms with van der Waals surface area (Å²) in [7, 11) is 0. The van der Waals surface area contributed by atoms with Crippen LogP contribution >= 0.6 is 0 Å². The van der Waals surface area contributed by atoms with E-state index in [9.17, 15) is 0 Å². The van der Waals surface area contributed by atoms with Crippen LogP contribution in [0.25, 0.3) is 11.0 Å². The lowest BCUT2D eigenvalue weighted by atomic mass is 10.1. The highest BCUT2D eigenvalue weighted by atomic mass is 15.3. The number of rotatable bonds is 4. The Labute approximate surface area is 111 Å². The molecule has 0 bridgehead atoms. The maximum Gasteiger partial charge on any atom is 0.157 e. The topological polar surface area (TPSA) is 80.6 Å². The summed E-state index contributed by atoms with van der Waals surface area (Å²) >= 11 is 0. The smallest absolute Gasteiger partial charge is 0.157 e. The van der Waals surface area contributed by atoms with Crippen LogP contribution in [-0.2, 0) is 6.54 Å². The number of fused-ring (bicyclic) bond motifs is 1. The number of hydrogen-bond acceptors (Lipinski definition) is 4. The van der Waals surface area contributed by atoms with Crippen molar-refractivity contribution in [2.45, 2.75) is 26.3 Å². The number of hydrogen-bond donors (Lipinski definition) is 2. The van der Waals surface area contributed by atoms with Crippen molar-refractivity contribution in [3.63, 3.8) is 0 Å². The molecule has 3 rings (SSSR count). The summed E-state index contributed by atoms with van der Waals surface area (Å²) in [6.45, 7) is 2.73. The molecule has 1 aliphatic rings. The molecule has 2 heterocycles. The molecule has 2 aromatic heterocycles. The Hall–Kier alpha value is -2.17. The maximum absolute atomic E-state index is 7.94. The molecular weight excluding hydrogens is 238 g/mol. The van der Waals surface area contributed by atoms with Gasteiger partial charge in [-0.05, 0) is 37.8 Å². The summed E-state index contributed by atoms with van der Waals surface area (Å²) in [5.74, 6) is 0.769. The predicted molar refractivity (Wildman–Crippen MR) is 75.0 cm³/mol. The van der Waals surface area contributed by atoms with Crippen molar-refractivity contribution in [2.24, 2.45) is 11.7 Å². The largest absolute Gasteiger partial charge is 0.402 e. The molecule has 5 heteroatoms. The molecule has 0 amide bonds. The number of nitrogens with two attached hydrogens (primary N) is 1. The Morgan fingerprint density at radius 2 is 2.32 bits per heavy atom. The van der Waals surface area contributed by atoms with Gasteiger partial charge >= 0.3 is 0 Å².